The molecule has 2 aliphatic carbocycles. The number of hydrogen-bond acceptors (Lipinski definition) is 6. The predicted molar refractivity (Wildman–Crippen MR) is 137 cm³/mol. The molecule has 6 rings (SSSR count). The number of nitrogens with zero attached hydrogens (tertiary/aromatic N) is 1. The number of imide groups is 1. The SMILES string of the molecule is O=C(C[C@H]1CC[C@@H](NC(=O)OCC2c3ccccc3-c3ccccc32)C1)ON1C(=O)c2ccccc2C1=O. The summed E-state index contributed by atoms with van der Waals surface area (Å²) in [6, 6.07) is 22.6. The summed E-state index contributed by atoms with van der Waals surface area (Å²) in [6.45, 7) is 0.239. The first-order chi connectivity index (χ1) is 18.5. The fraction of sp³-hybridized carbons (Fsp3) is 0.267. The van der Waals surface area contributed by atoms with Crippen molar-refractivity contribution in [1.82, 2.24) is 10.4 Å². The van der Waals surface area contributed by atoms with Crippen molar-refractivity contribution in [2.45, 2.75) is 37.6 Å². The van der Waals surface area contributed by atoms with Gasteiger partial charge in [-0.15, -0.1) is 0 Å². The van der Waals surface area contributed by atoms with Crippen LogP contribution in [-0.2, 0) is 14.4 Å². The number of alkyl carbamates (subject to hydrolysis) is 1. The molecule has 8 nitrogen and oxygen atoms in total. The van der Waals surface area contributed by atoms with Crippen molar-refractivity contribution < 1.29 is 28.8 Å². The summed E-state index contributed by atoms with van der Waals surface area (Å²) in [5, 5.41) is 3.46. The van der Waals surface area contributed by atoms with Gasteiger partial charge in [0.1, 0.15) is 6.61 Å². The Kier molecular flexibility index (Phi) is 6.15. The van der Waals surface area contributed by atoms with Gasteiger partial charge in [0.15, 0.2) is 0 Å². The molecule has 1 aliphatic heterocycles. The first kappa shape index (κ1) is 23.9. The Bertz CT molecular complexity index is 1370. The number of nitrogens with one attached hydrogen (secondary N) is 1. The number of fused-ring (bicyclic) bond motifs is 4. The maximum Gasteiger partial charge on any atom is 0.407 e. The summed E-state index contributed by atoms with van der Waals surface area (Å²) in [5.74, 6) is -1.97. The van der Waals surface area contributed by atoms with Crippen molar-refractivity contribution in [2.24, 2.45) is 5.92 Å². The summed E-state index contributed by atoms with van der Waals surface area (Å²) in [7, 11) is 0. The minimum Gasteiger partial charge on any atom is -0.449 e. The Hall–Kier alpha value is -4.46. The standard InChI is InChI=1S/C30H26N2O6/c33-27(38-32-28(34)24-11-5-6-12-25(24)29(32)35)16-18-13-14-19(15-18)31-30(36)37-17-26-22-9-3-1-7-20(22)21-8-2-4-10-23(21)26/h1-12,18-19,26H,13-17H2,(H,31,36)/t18-,19+/m0/s1. The second-order valence-electron chi connectivity index (χ2n) is 9.96. The van der Waals surface area contributed by atoms with Crippen molar-refractivity contribution in [1.29, 1.82) is 0 Å². The highest BCUT2D eigenvalue weighted by atomic mass is 16.7. The summed E-state index contributed by atoms with van der Waals surface area (Å²) in [6.07, 6.45) is 1.57. The third-order valence-corrected chi connectivity index (χ3v) is 7.61. The van der Waals surface area contributed by atoms with E-state index in [0.29, 0.717) is 24.3 Å². The van der Waals surface area contributed by atoms with Gasteiger partial charge in [-0.25, -0.2) is 9.59 Å². The Morgan fingerprint density at radius 3 is 1.95 bits per heavy atom. The fourth-order valence-electron chi connectivity index (χ4n) is 5.82. The van der Waals surface area contributed by atoms with Crippen LogP contribution in [0.4, 0.5) is 4.79 Å². The Balaban J connectivity index is 0.987. The minimum atomic E-state index is -0.647. The van der Waals surface area contributed by atoms with E-state index in [2.05, 4.69) is 29.6 Å². The molecule has 2 atom stereocenters. The van der Waals surface area contributed by atoms with Crippen LogP contribution >= 0.6 is 0 Å². The van der Waals surface area contributed by atoms with Gasteiger partial charge in [0, 0.05) is 12.0 Å². The molecule has 0 saturated heterocycles. The van der Waals surface area contributed by atoms with Crippen LogP contribution in [0.3, 0.4) is 0 Å². The van der Waals surface area contributed by atoms with E-state index >= 15 is 0 Å². The average molecular weight is 511 g/mol. The lowest BCUT2D eigenvalue weighted by molar-refractivity contribution is -0.169. The Labute approximate surface area is 219 Å². The van der Waals surface area contributed by atoms with Crippen LogP contribution in [0.2, 0.25) is 0 Å². The van der Waals surface area contributed by atoms with Crippen molar-refractivity contribution in [3.8, 4) is 11.1 Å². The summed E-state index contributed by atoms with van der Waals surface area (Å²) in [4.78, 5) is 55.1. The van der Waals surface area contributed by atoms with Gasteiger partial charge in [-0.05, 0) is 59.6 Å². The van der Waals surface area contributed by atoms with E-state index in [1.54, 1.807) is 12.1 Å². The topological polar surface area (TPSA) is 102 Å². The van der Waals surface area contributed by atoms with Gasteiger partial charge in [-0.2, -0.15) is 0 Å². The molecule has 1 fully saturated rings. The van der Waals surface area contributed by atoms with Gasteiger partial charge in [-0.1, -0.05) is 65.7 Å². The molecule has 1 heterocycles. The first-order valence-corrected chi connectivity index (χ1v) is 12.8. The van der Waals surface area contributed by atoms with E-state index in [4.69, 9.17) is 9.57 Å². The van der Waals surface area contributed by atoms with E-state index in [1.165, 1.54) is 23.3 Å². The quantitative estimate of drug-likeness (QED) is 0.476. The number of ether oxygens (including phenoxy) is 1. The molecule has 1 saturated carbocycles. The number of carbonyl (C=O) groups is 4. The molecule has 0 radical (unpaired) electrons. The maximum atomic E-state index is 12.6. The molecule has 3 aromatic carbocycles. The van der Waals surface area contributed by atoms with Crippen LogP contribution in [0.5, 0.6) is 0 Å². The van der Waals surface area contributed by atoms with Gasteiger partial charge in [0.25, 0.3) is 11.8 Å². The molecule has 1 N–H and O–H groups in total. The lowest BCUT2D eigenvalue weighted by atomic mass is 9.98. The van der Waals surface area contributed by atoms with Crippen LogP contribution in [0, 0.1) is 5.92 Å². The lowest BCUT2D eigenvalue weighted by Gasteiger charge is -2.17. The number of rotatable bonds is 6. The van der Waals surface area contributed by atoms with Crippen LogP contribution in [0.15, 0.2) is 72.8 Å². The molecule has 3 aromatic rings. The second-order valence-corrected chi connectivity index (χ2v) is 9.96. The summed E-state index contributed by atoms with van der Waals surface area (Å²) < 4.78 is 5.64. The highest BCUT2D eigenvalue weighted by molar-refractivity contribution is 6.20. The van der Waals surface area contributed by atoms with Gasteiger partial charge < -0.3 is 14.9 Å². The van der Waals surface area contributed by atoms with E-state index in [1.807, 2.05) is 24.3 Å². The number of hydroxylamine groups is 2. The Morgan fingerprint density at radius 1 is 0.789 bits per heavy atom. The zero-order valence-corrected chi connectivity index (χ0v) is 20.6. The van der Waals surface area contributed by atoms with Crippen LogP contribution < -0.4 is 5.32 Å². The average Bonchev–Trinajstić information content (AvgIpc) is 3.57. The number of amides is 3. The largest absolute Gasteiger partial charge is 0.449 e. The van der Waals surface area contributed by atoms with Crippen molar-refractivity contribution >= 4 is 23.9 Å². The van der Waals surface area contributed by atoms with Crippen molar-refractivity contribution in [2.75, 3.05) is 6.61 Å². The van der Waals surface area contributed by atoms with E-state index < -0.39 is 23.9 Å². The fourth-order valence-corrected chi connectivity index (χ4v) is 5.82. The van der Waals surface area contributed by atoms with Crippen LogP contribution in [0.1, 0.15) is 63.4 Å². The molecule has 0 bridgehead atoms. The van der Waals surface area contributed by atoms with Crippen LogP contribution in [-0.4, -0.2) is 41.6 Å². The molecule has 8 heteroatoms. The number of benzene rings is 3. The molecule has 38 heavy (non-hydrogen) atoms. The molecule has 0 aromatic heterocycles. The van der Waals surface area contributed by atoms with E-state index in [0.717, 1.165) is 11.1 Å². The zero-order valence-electron chi connectivity index (χ0n) is 20.6. The highest BCUT2D eigenvalue weighted by Gasteiger charge is 2.39. The minimum absolute atomic E-state index is 0.0126. The second kappa shape index (κ2) is 9.78. The van der Waals surface area contributed by atoms with Crippen LogP contribution in [0.25, 0.3) is 11.1 Å². The molecule has 0 spiro atoms. The van der Waals surface area contributed by atoms with E-state index in [-0.39, 0.29) is 42.0 Å². The molecule has 3 aliphatic rings. The molecule has 192 valence electrons. The summed E-state index contributed by atoms with van der Waals surface area (Å²) >= 11 is 0. The van der Waals surface area contributed by atoms with Crippen molar-refractivity contribution in [3.05, 3.63) is 95.1 Å². The number of hydrogen-bond donors (Lipinski definition) is 1. The zero-order chi connectivity index (χ0) is 26.2. The lowest BCUT2D eigenvalue weighted by Crippen LogP contribution is -2.35. The van der Waals surface area contributed by atoms with Crippen molar-refractivity contribution in [3.63, 3.8) is 0 Å². The summed E-state index contributed by atoms with van der Waals surface area (Å²) in [5.41, 5.74) is 5.09. The third-order valence-electron chi connectivity index (χ3n) is 7.61. The Morgan fingerprint density at radius 2 is 1.34 bits per heavy atom. The molecule has 3 amide bonds. The van der Waals surface area contributed by atoms with Gasteiger partial charge in [-0.3, -0.25) is 9.59 Å². The monoisotopic (exact) mass is 510 g/mol. The molecular formula is C30H26N2O6. The van der Waals surface area contributed by atoms with Gasteiger partial charge >= 0.3 is 12.1 Å². The predicted octanol–water partition coefficient (Wildman–Crippen LogP) is 4.84. The number of carbonyl (C=O) groups excluding carboxylic acids is 4. The molecule has 0 unspecified atom stereocenters. The van der Waals surface area contributed by atoms with Gasteiger partial charge in [0.05, 0.1) is 17.5 Å². The smallest absolute Gasteiger partial charge is 0.407 e. The highest BCUT2D eigenvalue weighted by Crippen LogP contribution is 2.44. The normalized spacial score (nSPS) is 19.6. The van der Waals surface area contributed by atoms with Gasteiger partial charge in [0.2, 0.25) is 0 Å². The maximum absolute atomic E-state index is 12.6. The third kappa shape index (κ3) is 4.32. The first-order valence-electron chi connectivity index (χ1n) is 12.8. The van der Waals surface area contributed by atoms with E-state index in [9.17, 15) is 19.2 Å². The molecular weight excluding hydrogens is 484 g/mol.